The van der Waals surface area contributed by atoms with Crippen molar-refractivity contribution in [2.24, 2.45) is 5.92 Å². The Morgan fingerprint density at radius 2 is 2.27 bits per heavy atom. The van der Waals surface area contributed by atoms with Crippen molar-refractivity contribution in [3.63, 3.8) is 0 Å². The second-order valence-corrected chi connectivity index (χ2v) is 4.81. The van der Waals surface area contributed by atoms with E-state index in [9.17, 15) is 0 Å². The number of rotatable bonds is 5. The van der Waals surface area contributed by atoms with E-state index >= 15 is 0 Å². The van der Waals surface area contributed by atoms with Gasteiger partial charge in [-0.15, -0.1) is 5.92 Å². The summed E-state index contributed by atoms with van der Waals surface area (Å²) in [6, 6.07) is 0.697. The van der Waals surface area contributed by atoms with Crippen LogP contribution in [-0.2, 0) is 0 Å². The van der Waals surface area contributed by atoms with Gasteiger partial charge in [0, 0.05) is 19.1 Å². The summed E-state index contributed by atoms with van der Waals surface area (Å²) in [5.74, 6) is 6.89. The first kappa shape index (κ1) is 12.5. The highest BCUT2D eigenvalue weighted by Crippen LogP contribution is 2.08. The molecule has 1 saturated heterocycles. The zero-order chi connectivity index (χ0) is 11.1. The van der Waals surface area contributed by atoms with Crippen molar-refractivity contribution in [2.45, 2.75) is 39.7 Å². The van der Waals surface area contributed by atoms with Gasteiger partial charge in [-0.1, -0.05) is 19.8 Å². The van der Waals surface area contributed by atoms with Crippen molar-refractivity contribution in [1.29, 1.82) is 0 Å². The van der Waals surface area contributed by atoms with Gasteiger partial charge >= 0.3 is 0 Å². The highest BCUT2D eigenvalue weighted by atomic mass is 15.1. The molecule has 0 bridgehead atoms. The fraction of sp³-hybridized carbons (Fsp3) is 0.846. The highest BCUT2D eigenvalue weighted by Gasteiger charge is 2.17. The molecular weight excluding hydrogens is 184 g/mol. The van der Waals surface area contributed by atoms with E-state index in [1.54, 1.807) is 0 Å². The van der Waals surface area contributed by atoms with E-state index in [0.29, 0.717) is 6.04 Å². The van der Waals surface area contributed by atoms with Crippen LogP contribution in [0, 0.1) is 17.8 Å². The van der Waals surface area contributed by atoms with Gasteiger partial charge in [-0.05, 0) is 32.2 Å². The summed E-state index contributed by atoms with van der Waals surface area (Å²) in [6.45, 7) is 10.9. The minimum absolute atomic E-state index is 0.697. The van der Waals surface area contributed by atoms with E-state index in [1.807, 2.05) is 6.92 Å². The molecule has 1 unspecified atom stereocenters. The standard InChI is InChI=1S/C13H24N2/c1-4-5-9-15(10-12(2)3)11-13-7-6-8-14-13/h12-14H,6-11H2,1-3H3. The summed E-state index contributed by atoms with van der Waals surface area (Å²) in [7, 11) is 0. The van der Waals surface area contributed by atoms with Gasteiger partial charge in [0.25, 0.3) is 0 Å². The first-order chi connectivity index (χ1) is 7.22. The number of nitrogens with zero attached hydrogens (tertiary/aromatic N) is 1. The third kappa shape index (κ3) is 5.20. The Hall–Kier alpha value is -0.520. The van der Waals surface area contributed by atoms with Crippen molar-refractivity contribution in [2.75, 3.05) is 26.2 Å². The minimum atomic E-state index is 0.697. The van der Waals surface area contributed by atoms with Crippen molar-refractivity contribution in [3.05, 3.63) is 0 Å². The molecule has 1 N–H and O–H groups in total. The van der Waals surface area contributed by atoms with Crippen LogP contribution >= 0.6 is 0 Å². The maximum atomic E-state index is 3.55. The molecule has 0 aliphatic carbocycles. The van der Waals surface area contributed by atoms with Crippen molar-refractivity contribution < 1.29 is 0 Å². The molecule has 1 heterocycles. The lowest BCUT2D eigenvalue weighted by Gasteiger charge is -2.25. The molecule has 0 aromatic rings. The fourth-order valence-electron chi connectivity index (χ4n) is 2.14. The predicted molar refractivity (Wildman–Crippen MR) is 65.8 cm³/mol. The molecule has 1 aliphatic heterocycles. The van der Waals surface area contributed by atoms with E-state index in [2.05, 4.69) is 35.9 Å². The molecule has 15 heavy (non-hydrogen) atoms. The second-order valence-electron chi connectivity index (χ2n) is 4.81. The summed E-state index contributed by atoms with van der Waals surface area (Å²) < 4.78 is 0. The normalized spacial score (nSPS) is 20.7. The van der Waals surface area contributed by atoms with E-state index in [-0.39, 0.29) is 0 Å². The molecule has 1 fully saturated rings. The molecule has 0 aromatic carbocycles. The first-order valence-electron chi connectivity index (χ1n) is 6.07. The molecule has 0 aromatic heterocycles. The minimum Gasteiger partial charge on any atom is -0.313 e. The molecule has 0 radical (unpaired) electrons. The summed E-state index contributed by atoms with van der Waals surface area (Å²) in [5.41, 5.74) is 0. The quantitative estimate of drug-likeness (QED) is 0.692. The van der Waals surface area contributed by atoms with Crippen LogP contribution in [0.1, 0.15) is 33.6 Å². The van der Waals surface area contributed by atoms with Crippen LogP contribution in [0.2, 0.25) is 0 Å². The van der Waals surface area contributed by atoms with Crippen LogP contribution in [0.5, 0.6) is 0 Å². The maximum Gasteiger partial charge on any atom is 0.0602 e. The maximum absolute atomic E-state index is 3.55. The van der Waals surface area contributed by atoms with Crippen LogP contribution in [0.15, 0.2) is 0 Å². The predicted octanol–water partition coefficient (Wildman–Crippen LogP) is 1.72. The third-order valence-electron chi connectivity index (χ3n) is 2.74. The van der Waals surface area contributed by atoms with Crippen LogP contribution in [0.4, 0.5) is 0 Å². The fourth-order valence-corrected chi connectivity index (χ4v) is 2.14. The lowest BCUT2D eigenvalue weighted by molar-refractivity contribution is 0.249. The van der Waals surface area contributed by atoms with Crippen LogP contribution in [-0.4, -0.2) is 37.1 Å². The number of hydrogen-bond acceptors (Lipinski definition) is 2. The number of nitrogens with one attached hydrogen (secondary N) is 1. The topological polar surface area (TPSA) is 15.3 Å². The molecule has 1 atom stereocenters. The van der Waals surface area contributed by atoms with Crippen molar-refractivity contribution in [1.82, 2.24) is 10.2 Å². The molecule has 0 spiro atoms. The van der Waals surface area contributed by atoms with Gasteiger partial charge in [-0.25, -0.2) is 0 Å². The molecule has 2 nitrogen and oxygen atoms in total. The zero-order valence-electron chi connectivity index (χ0n) is 10.3. The molecule has 2 heteroatoms. The van der Waals surface area contributed by atoms with Crippen molar-refractivity contribution in [3.8, 4) is 11.8 Å². The van der Waals surface area contributed by atoms with E-state index < -0.39 is 0 Å². The van der Waals surface area contributed by atoms with Gasteiger partial charge in [0.2, 0.25) is 0 Å². The largest absolute Gasteiger partial charge is 0.313 e. The van der Waals surface area contributed by atoms with E-state index in [0.717, 1.165) is 25.6 Å². The van der Waals surface area contributed by atoms with Crippen LogP contribution in [0.25, 0.3) is 0 Å². The van der Waals surface area contributed by atoms with E-state index in [1.165, 1.54) is 19.4 Å². The summed E-state index contributed by atoms with van der Waals surface area (Å²) in [4.78, 5) is 2.48. The van der Waals surface area contributed by atoms with Gasteiger partial charge < -0.3 is 5.32 Å². The van der Waals surface area contributed by atoms with Gasteiger partial charge in [-0.2, -0.15) is 0 Å². The van der Waals surface area contributed by atoms with Crippen molar-refractivity contribution >= 4 is 0 Å². The Morgan fingerprint density at radius 1 is 1.47 bits per heavy atom. The average Bonchev–Trinajstić information content (AvgIpc) is 2.66. The Bertz CT molecular complexity index is 218. The smallest absolute Gasteiger partial charge is 0.0602 e. The zero-order valence-corrected chi connectivity index (χ0v) is 10.3. The Morgan fingerprint density at radius 3 is 2.80 bits per heavy atom. The molecule has 1 rings (SSSR count). The Balaban J connectivity index is 2.34. The van der Waals surface area contributed by atoms with Gasteiger partial charge in [0.05, 0.1) is 6.54 Å². The van der Waals surface area contributed by atoms with Gasteiger partial charge in [0.15, 0.2) is 0 Å². The lowest BCUT2D eigenvalue weighted by atomic mass is 10.1. The number of hydrogen-bond donors (Lipinski definition) is 1. The summed E-state index contributed by atoms with van der Waals surface area (Å²) in [6.07, 6.45) is 2.66. The average molecular weight is 208 g/mol. The van der Waals surface area contributed by atoms with E-state index in [4.69, 9.17) is 0 Å². The molecule has 0 saturated carbocycles. The van der Waals surface area contributed by atoms with Gasteiger partial charge in [-0.3, -0.25) is 4.90 Å². The van der Waals surface area contributed by atoms with Gasteiger partial charge in [0.1, 0.15) is 0 Å². The molecule has 1 aliphatic rings. The molecular formula is C13H24N2. The molecule has 86 valence electrons. The Labute approximate surface area is 94.4 Å². The second kappa shape index (κ2) is 6.87. The highest BCUT2D eigenvalue weighted by molar-refractivity contribution is 4.98. The van der Waals surface area contributed by atoms with Crippen LogP contribution in [0.3, 0.4) is 0 Å². The SMILES string of the molecule is CC#CCN(CC(C)C)CC1CCCN1. The lowest BCUT2D eigenvalue weighted by Crippen LogP contribution is -2.39. The van der Waals surface area contributed by atoms with Crippen LogP contribution < -0.4 is 5.32 Å². The first-order valence-corrected chi connectivity index (χ1v) is 6.07. The third-order valence-corrected chi connectivity index (χ3v) is 2.74. The monoisotopic (exact) mass is 208 g/mol. The Kier molecular flexibility index (Phi) is 5.75. The summed E-state index contributed by atoms with van der Waals surface area (Å²) in [5, 5.41) is 3.55. The molecule has 0 amide bonds. The summed E-state index contributed by atoms with van der Waals surface area (Å²) >= 11 is 0.